The summed E-state index contributed by atoms with van der Waals surface area (Å²) in [6.07, 6.45) is -0.861. The number of alkyl halides is 3. The summed E-state index contributed by atoms with van der Waals surface area (Å²) in [5.41, 5.74) is 0.637. The average molecular weight is 418 g/mol. The average Bonchev–Trinajstić information content (AvgIpc) is 2.43. The van der Waals surface area contributed by atoms with Gasteiger partial charge in [-0.25, -0.2) is 17.9 Å². The molecule has 0 heterocycles. The standard InChI is InChI=1S/C14H19Cl3N2O4S/c1-13(2,3)9-5-10(7-11(6-9)24(21,22)18-4)19-12(20)23-8-14(15,16)17/h5-7,18H,8H2,1-4H3,(H,19,20). The smallest absolute Gasteiger partial charge is 0.411 e. The van der Waals surface area contributed by atoms with Crippen LogP contribution < -0.4 is 10.0 Å². The molecule has 0 aliphatic rings. The third kappa shape index (κ3) is 6.64. The lowest BCUT2D eigenvalue weighted by molar-refractivity contribution is 0.164. The molecule has 0 spiro atoms. The Kier molecular flexibility index (Phi) is 6.80. The molecule has 1 aromatic rings. The van der Waals surface area contributed by atoms with Crippen LogP contribution in [0.2, 0.25) is 0 Å². The minimum Gasteiger partial charge on any atom is -0.445 e. The van der Waals surface area contributed by atoms with Crippen LogP contribution in [0, 0.1) is 0 Å². The van der Waals surface area contributed by atoms with Crippen LogP contribution in [0.15, 0.2) is 23.1 Å². The summed E-state index contributed by atoms with van der Waals surface area (Å²) in [5.74, 6) is 0. The van der Waals surface area contributed by atoms with Crippen molar-refractivity contribution in [3.63, 3.8) is 0 Å². The second-order valence-corrected chi connectivity index (χ2v) is 10.4. The van der Waals surface area contributed by atoms with Gasteiger partial charge in [0.2, 0.25) is 13.8 Å². The number of rotatable bonds is 4. The van der Waals surface area contributed by atoms with E-state index in [0.29, 0.717) is 0 Å². The first-order valence-corrected chi connectivity index (χ1v) is 9.46. The highest BCUT2D eigenvalue weighted by Crippen LogP contribution is 2.29. The summed E-state index contributed by atoms with van der Waals surface area (Å²) < 4.78 is 29.4. The first kappa shape index (κ1) is 21.3. The van der Waals surface area contributed by atoms with Crippen molar-refractivity contribution in [2.75, 3.05) is 19.0 Å². The van der Waals surface area contributed by atoms with Gasteiger partial charge in [-0.15, -0.1) is 0 Å². The number of nitrogens with one attached hydrogen (secondary N) is 2. The summed E-state index contributed by atoms with van der Waals surface area (Å²) in [7, 11) is -2.37. The summed E-state index contributed by atoms with van der Waals surface area (Å²) >= 11 is 16.5. The highest BCUT2D eigenvalue weighted by molar-refractivity contribution is 7.89. The maximum Gasteiger partial charge on any atom is 0.411 e. The monoisotopic (exact) mass is 416 g/mol. The predicted molar refractivity (Wildman–Crippen MR) is 96.6 cm³/mol. The topological polar surface area (TPSA) is 84.5 Å². The lowest BCUT2D eigenvalue weighted by atomic mass is 9.87. The Morgan fingerprint density at radius 1 is 1.17 bits per heavy atom. The van der Waals surface area contributed by atoms with Crippen LogP contribution in [0.5, 0.6) is 0 Å². The van der Waals surface area contributed by atoms with Crippen LogP contribution in [0.4, 0.5) is 10.5 Å². The van der Waals surface area contributed by atoms with Crippen LogP contribution >= 0.6 is 34.8 Å². The minimum absolute atomic E-state index is 0.0223. The third-order valence-corrected chi connectivity index (χ3v) is 4.69. The van der Waals surface area contributed by atoms with Crippen molar-refractivity contribution >= 4 is 56.6 Å². The largest absolute Gasteiger partial charge is 0.445 e. The maximum absolute atomic E-state index is 12.1. The predicted octanol–water partition coefficient (Wildman–Crippen LogP) is 3.81. The number of ether oxygens (including phenoxy) is 1. The number of hydrogen-bond donors (Lipinski definition) is 2. The lowest BCUT2D eigenvalue weighted by Gasteiger charge is -2.21. The first-order valence-electron chi connectivity index (χ1n) is 6.84. The van der Waals surface area contributed by atoms with Crippen LogP contribution in [0.25, 0.3) is 0 Å². The van der Waals surface area contributed by atoms with Crippen LogP contribution in [0.1, 0.15) is 26.3 Å². The van der Waals surface area contributed by atoms with Crippen molar-refractivity contribution in [2.24, 2.45) is 0 Å². The van der Waals surface area contributed by atoms with E-state index < -0.39 is 26.5 Å². The molecule has 10 heteroatoms. The van der Waals surface area contributed by atoms with E-state index in [1.807, 2.05) is 20.8 Å². The Labute approximate surface area is 156 Å². The van der Waals surface area contributed by atoms with Gasteiger partial charge in [-0.05, 0) is 36.2 Å². The Morgan fingerprint density at radius 2 is 1.75 bits per heavy atom. The highest BCUT2D eigenvalue weighted by Gasteiger charge is 2.23. The van der Waals surface area contributed by atoms with E-state index in [9.17, 15) is 13.2 Å². The van der Waals surface area contributed by atoms with Crippen molar-refractivity contribution in [2.45, 2.75) is 34.9 Å². The van der Waals surface area contributed by atoms with E-state index in [1.165, 1.54) is 13.1 Å². The molecule has 6 nitrogen and oxygen atoms in total. The zero-order chi connectivity index (χ0) is 18.8. The van der Waals surface area contributed by atoms with Crippen molar-refractivity contribution < 1.29 is 17.9 Å². The van der Waals surface area contributed by atoms with E-state index in [-0.39, 0.29) is 16.0 Å². The molecule has 0 radical (unpaired) electrons. The van der Waals surface area contributed by atoms with Gasteiger partial charge >= 0.3 is 6.09 Å². The van der Waals surface area contributed by atoms with Gasteiger partial charge in [0.15, 0.2) is 0 Å². The molecule has 136 valence electrons. The molecule has 0 bridgehead atoms. The fraction of sp³-hybridized carbons (Fsp3) is 0.500. The number of hydrogen-bond acceptors (Lipinski definition) is 4. The van der Waals surface area contributed by atoms with Gasteiger partial charge in [-0.2, -0.15) is 0 Å². The highest BCUT2D eigenvalue weighted by atomic mass is 35.6. The van der Waals surface area contributed by atoms with Crippen LogP contribution in [-0.4, -0.2) is 32.0 Å². The fourth-order valence-electron chi connectivity index (χ4n) is 1.68. The Hall–Kier alpha value is -0.730. The Bertz CT molecular complexity index is 710. The first-order chi connectivity index (χ1) is 10.7. The SMILES string of the molecule is CNS(=O)(=O)c1cc(NC(=O)OCC(Cl)(Cl)Cl)cc(C(C)(C)C)c1. The fourth-order valence-corrected chi connectivity index (χ4v) is 2.64. The normalized spacial score (nSPS) is 12.8. The van der Waals surface area contributed by atoms with Crippen molar-refractivity contribution in [3.05, 3.63) is 23.8 Å². The van der Waals surface area contributed by atoms with Gasteiger partial charge in [0.25, 0.3) is 0 Å². The van der Waals surface area contributed by atoms with Gasteiger partial charge in [0, 0.05) is 5.69 Å². The molecule has 0 aliphatic carbocycles. The van der Waals surface area contributed by atoms with Gasteiger partial charge in [0.1, 0.15) is 6.61 Å². The quantitative estimate of drug-likeness (QED) is 0.730. The molecular formula is C14H19Cl3N2O4S. The van der Waals surface area contributed by atoms with E-state index in [4.69, 9.17) is 39.5 Å². The van der Waals surface area contributed by atoms with Crippen molar-refractivity contribution in [3.8, 4) is 0 Å². The van der Waals surface area contributed by atoms with Gasteiger partial charge in [-0.1, -0.05) is 55.6 Å². The summed E-state index contributed by atoms with van der Waals surface area (Å²) in [5, 5.41) is 2.43. The van der Waals surface area contributed by atoms with Crippen LogP contribution in [-0.2, 0) is 20.2 Å². The number of sulfonamides is 1. The van der Waals surface area contributed by atoms with Crippen molar-refractivity contribution in [1.29, 1.82) is 0 Å². The van der Waals surface area contributed by atoms with Crippen LogP contribution in [0.3, 0.4) is 0 Å². The molecule has 0 aromatic heterocycles. The molecule has 0 atom stereocenters. The number of amides is 1. The number of carbonyl (C=O) groups is 1. The number of carbonyl (C=O) groups excluding carboxylic acids is 1. The third-order valence-electron chi connectivity index (χ3n) is 2.96. The van der Waals surface area contributed by atoms with E-state index >= 15 is 0 Å². The zero-order valence-corrected chi connectivity index (χ0v) is 16.7. The van der Waals surface area contributed by atoms with E-state index in [1.54, 1.807) is 12.1 Å². The summed E-state index contributed by atoms with van der Waals surface area (Å²) in [6, 6.07) is 4.52. The van der Waals surface area contributed by atoms with E-state index in [0.717, 1.165) is 5.56 Å². The molecule has 1 rings (SSSR count). The minimum atomic E-state index is -3.68. The molecule has 0 unspecified atom stereocenters. The molecule has 0 saturated heterocycles. The van der Waals surface area contributed by atoms with Gasteiger partial charge < -0.3 is 4.74 Å². The molecule has 24 heavy (non-hydrogen) atoms. The Morgan fingerprint density at radius 3 is 2.21 bits per heavy atom. The van der Waals surface area contributed by atoms with Gasteiger partial charge in [-0.3, -0.25) is 5.32 Å². The number of halogens is 3. The van der Waals surface area contributed by atoms with Gasteiger partial charge in [0.05, 0.1) is 4.90 Å². The zero-order valence-electron chi connectivity index (χ0n) is 13.6. The van der Waals surface area contributed by atoms with E-state index in [2.05, 4.69) is 10.0 Å². The molecule has 2 N–H and O–H groups in total. The number of benzene rings is 1. The lowest BCUT2D eigenvalue weighted by Crippen LogP contribution is -2.23. The molecule has 1 amide bonds. The second-order valence-electron chi connectivity index (χ2n) is 6.02. The molecule has 0 fully saturated rings. The summed E-state index contributed by atoms with van der Waals surface area (Å²) in [6.45, 7) is 5.32. The van der Waals surface area contributed by atoms with Crippen molar-refractivity contribution in [1.82, 2.24) is 4.72 Å². The second kappa shape index (κ2) is 7.66. The molecule has 0 saturated carbocycles. The molecule has 1 aromatic carbocycles. The Balaban J connectivity index is 3.14. The maximum atomic E-state index is 12.1. The molecule has 0 aliphatic heterocycles. The summed E-state index contributed by atoms with van der Waals surface area (Å²) in [4.78, 5) is 11.8. The molecular weight excluding hydrogens is 399 g/mol. The number of anilines is 1.